The first kappa shape index (κ1) is 13.4. The number of aliphatic hydroxyl groups is 1. The van der Waals surface area contributed by atoms with Crippen molar-refractivity contribution in [3.05, 3.63) is 29.8 Å². The molecule has 0 saturated carbocycles. The van der Waals surface area contributed by atoms with Crippen LogP contribution in [0.2, 0.25) is 0 Å². The molecule has 0 bridgehead atoms. The predicted octanol–water partition coefficient (Wildman–Crippen LogP) is 2.65. The molecule has 1 aliphatic rings. The van der Waals surface area contributed by atoms with Gasteiger partial charge in [0.1, 0.15) is 11.4 Å². The third kappa shape index (κ3) is 3.24. The van der Waals surface area contributed by atoms with Crippen molar-refractivity contribution in [2.24, 2.45) is 0 Å². The molecule has 0 spiro atoms. The molecule has 1 aromatic rings. The first-order valence-electron chi connectivity index (χ1n) is 6.67. The minimum Gasteiger partial charge on any atom is -0.487 e. The van der Waals surface area contributed by atoms with Crippen LogP contribution < -0.4 is 10.1 Å². The summed E-state index contributed by atoms with van der Waals surface area (Å²) in [6.45, 7) is 6.88. The van der Waals surface area contributed by atoms with E-state index in [2.05, 4.69) is 25.2 Å². The largest absolute Gasteiger partial charge is 0.487 e. The minimum absolute atomic E-state index is 0.142. The molecule has 3 heteroatoms. The van der Waals surface area contributed by atoms with Crippen LogP contribution >= 0.6 is 0 Å². The molecular formula is C15H23NO2. The van der Waals surface area contributed by atoms with Crippen molar-refractivity contribution in [3.8, 4) is 5.75 Å². The van der Waals surface area contributed by atoms with E-state index < -0.39 is 0 Å². The monoisotopic (exact) mass is 249 g/mol. The second-order valence-corrected chi connectivity index (χ2v) is 5.75. The molecule has 1 heterocycles. The Hall–Kier alpha value is -1.06. The lowest BCUT2D eigenvalue weighted by Gasteiger charge is -2.38. The molecule has 18 heavy (non-hydrogen) atoms. The number of benzene rings is 1. The van der Waals surface area contributed by atoms with Crippen LogP contribution in [0.5, 0.6) is 5.75 Å². The van der Waals surface area contributed by atoms with Crippen LogP contribution in [0.4, 0.5) is 0 Å². The van der Waals surface area contributed by atoms with Gasteiger partial charge < -0.3 is 15.2 Å². The van der Waals surface area contributed by atoms with E-state index in [0.29, 0.717) is 6.04 Å². The van der Waals surface area contributed by atoms with Crippen LogP contribution in [0, 0.1) is 0 Å². The molecule has 1 aliphatic heterocycles. The molecule has 2 N–H and O–H groups in total. The lowest BCUT2D eigenvalue weighted by molar-refractivity contribution is 0.0652. The Morgan fingerprint density at radius 3 is 2.89 bits per heavy atom. The summed E-state index contributed by atoms with van der Waals surface area (Å²) < 4.78 is 5.99. The third-order valence-electron chi connectivity index (χ3n) is 3.33. The van der Waals surface area contributed by atoms with E-state index in [9.17, 15) is 5.11 Å². The van der Waals surface area contributed by atoms with Gasteiger partial charge in [0.25, 0.3) is 0 Å². The van der Waals surface area contributed by atoms with E-state index >= 15 is 0 Å². The Morgan fingerprint density at radius 2 is 2.17 bits per heavy atom. The normalized spacial score (nSPS) is 23.0. The number of rotatable bonds is 4. The Kier molecular flexibility index (Phi) is 3.93. The summed E-state index contributed by atoms with van der Waals surface area (Å²) in [6, 6.07) is 8.50. The highest BCUT2D eigenvalue weighted by molar-refractivity contribution is 5.38. The average Bonchev–Trinajstić information content (AvgIpc) is 2.27. The molecule has 2 atom stereocenters. The highest BCUT2D eigenvalue weighted by atomic mass is 16.5. The first-order valence-corrected chi connectivity index (χ1v) is 6.67. The number of aliphatic hydroxyl groups excluding tert-OH is 1. The van der Waals surface area contributed by atoms with Gasteiger partial charge in [-0.3, -0.25) is 0 Å². The fourth-order valence-corrected chi connectivity index (χ4v) is 2.45. The average molecular weight is 249 g/mol. The number of fused-ring (bicyclic) bond motifs is 1. The van der Waals surface area contributed by atoms with Crippen molar-refractivity contribution < 1.29 is 9.84 Å². The van der Waals surface area contributed by atoms with Crippen molar-refractivity contribution in [1.82, 2.24) is 5.32 Å². The van der Waals surface area contributed by atoms with E-state index in [-0.39, 0.29) is 11.7 Å². The smallest absolute Gasteiger partial charge is 0.124 e. The van der Waals surface area contributed by atoms with Crippen molar-refractivity contribution in [2.75, 3.05) is 6.54 Å². The molecule has 1 aromatic carbocycles. The van der Waals surface area contributed by atoms with Gasteiger partial charge in [-0.15, -0.1) is 0 Å². The molecule has 2 unspecified atom stereocenters. The van der Waals surface area contributed by atoms with Gasteiger partial charge in [-0.2, -0.15) is 0 Å². The summed E-state index contributed by atoms with van der Waals surface area (Å²) in [5.41, 5.74) is 1.08. The van der Waals surface area contributed by atoms with Crippen LogP contribution in [0.15, 0.2) is 24.3 Å². The molecule has 2 rings (SSSR count). The summed E-state index contributed by atoms with van der Waals surface area (Å²) in [5.74, 6) is 0.975. The van der Waals surface area contributed by atoms with Crippen LogP contribution in [-0.4, -0.2) is 23.4 Å². The number of ether oxygens (including phenoxy) is 1. The molecular weight excluding hydrogens is 226 g/mol. The first-order chi connectivity index (χ1) is 8.48. The summed E-state index contributed by atoms with van der Waals surface area (Å²) >= 11 is 0. The van der Waals surface area contributed by atoms with Crippen LogP contribution in [-0.2, 0) is 0 Å². The van der Waals surface area contributed by atoms with Crippen molar-refractivity contribution in [2.45, 2.75) is 51.4 Å². The van der Waals surface area contributed by atoms with Crippen LogP contribution in [0.3, 0.4) is 0 Å². The fraction of sp³-hybridized carbons (Fsp3) is 0.600. The van der Waals surface area contributed by atoms with Crippen molar-refractivity contribution in [1.29, 1.82) is 0 Å². The van der Waals surface area contributed by atoms with Crippen LogP contribution in [0.25, 0.3) is 0 Å². The number of para-hydroxylation sites is 1. The molecule has 0 fully saturated rings. The SMILES string of the molecule is CC(O)CCNC1CC(C)(C)Oc2ccccc21. The standard InChI is InChI=1S/C15H23NO2/c1-11(17)8-9-16-13-10-15(2,3)18-14-7-5-4-6-12(13)14/h4-7,11,13,16-17H,8-10H2,1-3H3. The molecule has 3 nitrogen and oxygen atoms in total. The minimum atomic E-state index is -0.249. The highest BCUT2D eigenvalue weighted by Gasteiger charge is 2.32. The maximum absolute atomic E-state index is 9.32. The van der Waals surface area contributed by atoms with Gasteiger partial charge in [-0.05, 0) is 39.8 Å². The van der Waals surface area contributed by atoms with Gasteiger partial charge in [0, 0.05) is 18.0 Å². The van der Waals surface area contributed by atoms with Gasteiger partial charge in [0.15, 0.2) is 0 Å². The second-order valence-electron chi connectivity index (χ2n) is 5.75. The Bertz CT molecular complexity index is 401. The maximum Gasteiger partial charge on any atom is 0.124 e. The number of nitrogens with one attached hydrogen (secondary N) is 1. The second kappa shape index (κ2) is 5.29. The highest BCUT2D eigenvalue weighted by Crippen LogP contribution is 2.39. The van der Waals surface area contributed by atoms with Gasteiger partial charge in [0.05, 0.1) is 6.10 Å². The molecule has 0 radical (unpaired) electrons. The quantitative estimate of drug-likeness (QED) is 0.862. The molecule has 100 valence electrons. The van der Waals surface area contributed by atoms with E-state index in [1.54, 1.807) is 0 Å². The lowest BCUT2D eigenvalue weighted by atomic mass is 9.89. The zero-order valence-corrected chi connectivity index (χ0v) is 11.4. The Morgan fingerprint density at radius 1 is 1.44 bits per heavy atom. The van der Waals surface area contributed by atoms with Crippen LogP contribution in [0.1, 0.15) is 45.2 Å². The third-order valence-corrected chi connectivity index (χ3v) is 3.33. The Labute approximate surface area is 109 Å². The number of hydrogen-bond acceptors (Lipinski definition) is 3. The van der Waals surface area contributed by atoms with Gasteiger partial charge in [0.2, 0.25) is 0 Å². The zero-order chi connectivity index (χ0) is 13.2. The molecule has 0 saturated heterocycles. The van der Waals surface area contributed by atoms with Gasteiger partial charge in [-0.25, -0.2) is 0 Å². The van der Waals surface area contributed by atoms with E-state index in [4.69, 9.17) is 4.74 Å². The zero-order valence-electron chi connectivity index (χ0n) is 11.4. The molecule has 0 amide bonds. The number of hydrogen-bond donors (Lipinski definition) is 2. The summed E-state index contributed by atoms with van der Waals surface area (Å²) in [6.07, 6.45) is 1.48. The summed E-state index contributed by atoms with van der Waals surface area (Å²) in [7, 11) is 0. The topological polar surface area (TPSA) is 41.5 Å². The predicted molar refractivity (Wildman–Crippen MR) is 72.8 cm³/mol. The summed E-state index contributed by atoms with van der Waals surface area (Å²) in [5, 5.41) is 12.8. The summed E-state index contributed by atoms with van der Waals surface area (Å²) in [4.78, 5) is 0. The van der Waals surface area contributed by atoms with Crippen molar-refractivity contribution in [3.63, 3.8) is 0 Å². The van der Waals surface area contributed by atoms with E-state index in [0.717, 1.165) is 25.1 Å². The van der Waals surface area contributed by atoms with E-state index in [1.807, 2.05) is 25.1 Å². The molecule has 0 aliphatic carbocycles. The van der Waals surface area contributed by atoms with Gasteiger partial charge >= 0.3 is 0 Å². The maximum atomic E-state index is 9.32. The Balaban J connectivity index is 2.09. The van der Waals surface area contributed by atoms with Crippen molar-refractivity contribution >= 4 is 0 Å². The van der Waals surface area contributed by atoms with E-state index in [1.165, 1.54) is 5.56 Å². The fourth-order valence-electron chi connectivity index (χ4n) is 2.45. The molecule has 0 aromatic heterocycles. The lowest BCUT2D eigenvalue weighted by Crippen LogP contribution is -2.40. The van der Waals surface area contributed by atoms with Gasteiger partial charge in [-0.1, -0.05) is 18.2 Å².